The minimum atomic E-state index is -3.12. The molecule has 1 aliphatic heterocycles. The molecule has 0 unspecified atom stereocenters. The number of rotatable bonds is 6. The van der Waals surface area contributed by atoms with Gasteiger partial charge in [0.2, 0.25) is 5.72 Å². The van der Waals surface area contributed by atoms with Crippen molar-refractivity contribution in [2.24, 2.45) is 5.10 Å². The molecule has 25 heavy (non-hydrogen) atoms. The molecule has 1 heterocycles. The highest BCUT2D eigenvalue weighted by atomic mass is 19.3. The van der Waals surface area contributed by atoms with Gasteiger partial charge in [0.15, 0.2) is 6.61 Å². The van der Waals surface area contributed by atoms with Crippen molar-refractivity contribution in [1.29, 1.82) is 0 Å². The predicted molar refractivity (Wildman–Crippen MR) is 90.8 cm³/mol. The third-order valence-corrected chi connectivity index (χ3v) is 4.62. The van der Waals surface area contributed by atoms with Gasteiger partial charge in [-0.15, -0.1) is 0 Å². The lowest BCUT2D eigenvalue weighted by atomic mass is 9.82. The zero-order valence-corrected chi connectivity index (χ0v) is 14.9. The molecule has 0 saturated carbocycles. The number of benzene rings is 1. The number of hydrogen-bond donors (Lipinski definition) is 1. The Hall–Kier alpha value is -2.02. The van der Waals surface area contributed by atoms with E-state index in [-0.39, 0.29) is 17.5 Å². The summed E-state index contributed by atoms with van der Waals surface area (Å²) < 4.78 is 31.6. The minimum Gasteiger partial charge on any atom is -0.484 e. The molecule has 0 fully saturated rings. The van der Waals surface area contributed by atoms with Crippen LogP contribution < -0.4 is 4.74 Å². The van der Waals surface area contributed by atoms with Crippen molar-refractivity contribution in [3.05, 3.63) is 29.8 Å². The lowest BCUT2D eigenvalue weighted by Gasteiger charge is -2.29. The third kappa shape index (κ3) is 3.98. The number of ether oxygens (including phenoxy) is 1. The number of carbonyl (C=O) groups is 1. The van der Waals surface area contributed by atoms with Gasteiger partial charge in [-0.3, -0.25) is 4.79 Å². The molecule has 0 aromatic heterocycles. The minimum absolute atomic E-state index is 0.0316. The standard InChI is InChI=1S/C18H24F2N2O3/c1-5-17(3,4)13-6-8-14(9-7-13)25-11-15(23)22-18(24,16(19)20)10-12(2)21-22/h6-9,16,24H,5,10-11H2,1-4H3/t18-/m0/s1. The first-order chi connectivity index (χ1) is 11.6. The molecule has 0 bridgehead atoms. The van der Waals surface area contributed by atoms with Crippen molar-refractivity contribution < 1.29 is 23.4 Å². The Kier molecular flexibility index (Phi) is 5.46. The van der Waals surface area contributed by atoms with E-state index in [4.69, 9.17) is 4.74 Å². The number of hydrogen-bond acceptors (Lipinski definition) is 4. The maximum atomic E-state index is 13.1. The van der Waals surface area contributed by atoms with Crippen LogP contribution in [0.1, 0.15) is 46.1 Å². The number of halogens is 2. The van der Waals surface area contributed by atoms with Crippen molar-refractivity contribution in [3.63, 3.8) is 0 Å². The van der Waals surface area contributed by atoms with Crippen molar-refractivity contribution in [2.75, 3.05) is 6.61 Å². The Morgan fingerprint density at radius 1 is 1.40 bits per heavy atom. The van der Waals surface area contributed by atoms with E-state index in [0.717, 1.165) is 12.0 Å². The molecular weight excluding hydrogens is 330 g/mol. The Morgan fingerprint density at radius 2 is 2.00 bits per heavy atom. The average Bonchev–Trinajstić information content (AvgIpc) is 2.89. The van der Waals surface area contributed by atoms with Crippen LogP contribution in [0.4, 0.5) is 8.78 Å². The second kappa shape index (κ2) is 7.07. The number of nitrogens with zero attached hydrogens (tertiary/aromatic N) is 2. The van der Waals surface area contributed by atoms with E-state index in [1.165, 1.54) is 6.92 Å². The molecule has 1 N–H and O–H groups in total. The summed E-state index contributed by atoms with van der Waals surface area (Å²) >= 11 is 0. The van der Waals surface area contributed by atoms with Crippen LogP contribution in [0.25, 0.3) is 0 Å². The summed E-state index contributed by atoms with van der Waals surface area (Å²) in [7, 11) is 0. The van der Waals surface area contributed by atoms with Gasteiger partial charge in [-0.25, -0.2) is 8.78 Å². The van der Waals surface area contributed by atoms with Crippen LogP contribution in [-0.4, -0.2) is 40.5 Å². The quantitative estimate of drug-likeness (QED) is 0.852. The van der Waals surface area contributed by atoms with E-state index in [1.54, 1.807) is 12.1 Å². The summed E-state index contributed by atoms with van der Waals surface area (Å²) in [6.07, 6.45) is -2.52. The number of alkyl halides is 2. The molecule has 5 nitrogen and oxygen atoms in total. The molecule has 0 spiro atoms. The molecule has 2 rings (SSSR count). The van der Waals surface area contributed by atoms with E-state index in [9.17, 15) is 18.7 Å². The molecule has 138 valence electrons. The van der Waals surface area contributed by atoms with Gasteiger partial charge in [-0.05, 0) is 36.5 Å². The molecule has 0 saturated heterocycles. The van der Waals surface area contributed by atoms with Gasteiger partial charge in [0.25, 0.3) is 12.3 Å². The van der Waals surface area contributed by atoms with E-state index in [1.807, 2.05) is 12.1 Å². The van der Waals surface area contributed by atoms with E-state index < -0.39 is 24.7 Å². The van der Waals surface area contributed by atoms with Gasteiger partial charge in [0.1, 0.15) is 5.75 Å². The van der Waals surface area contributed by atoms with E-state index in [0.29, 0.717) is 10.8 Å². The topological polar surface area (TPSA) is 62.1 Å². The van der Waals surface area contributed by atoms with Gasteiger partial charge in [-0.2, -0.15) is 10.1 Å². The predicted octanol–water partition coefficient (Wildman–Crippen LogP) is 3.31. The highest BCUT2D eigenvalue weighted by molar-refractivity contribution is 5.89. The fourth-order valence-electron chi connectivity index (χ4n) is 2.60. The van der Waals surface area contributed by atoms with Crippen molar-refractivity contribution >= 4 is 11.6 Å². The second-order valence-electron chi connectivity index (χ2n) is 6.95. The zero-order valence-electron chi connectivity index (χ0n) is 14.9. The Labute approximate surface area is 146 Å². The number of carbonyl (C=O) groups excluding carboxylic acids is 1. The highest BCUT2D eigenvalue weighted by Gasteiger charge is 2.50. The fourth-order valence-corrected chi connectivity index (χ4v) is 2.60. The normalized spacial score (nSPS) is 20.8. The number of amides is 1. The van der Waals surface area contributed by atoms with Gasteiger partial charge < -0.3 is 9.84 Å². The summed E-state index contributed by atoms with van der Waals surface area (Å²) in [5.74, 6) is -0.373. The van der Waals surface area contributed by atoms with Gasteiger partial charge in [0.05, 0.1) is 0 Å². The lowest BCUT2D eigenvalue weighted by molar-refractivity contribution is -0.193. The first-order valence-corrected chi connectivity index (χ1v) is 8.21. The van der Waals surface area contributed by atoms with Crippen LogP contribution in [0.2, 0.25) is 0 Å². The van der Waals surface area contributed by atoms with Crippen molar-refractivity contribution in [3.8, 4) is 5.75 Å². The summed E-state index contributed by atoms with van der Waals surface area (Å²) in [6, 6.07) is 7.30. The van der Waals surface area contributed by atoms with Gasteiger partial charge >= 0.3 is 0 Å². The monoisotopic (exact) mass is 354 g/mol. The van der Waals surface area contributed by atoms with Crippen LogP contribution in [0, 0.1) is 0 Å². The van der Waals surface area contributed by atoms with Gasteiger partial charge in [-0.1, -0.05) is 32.9 Å². The number of aliphatic hydroxyl groups is 1. The molecule has 1 aliphatic rings. The summed E-state index contributed by atoms with van der Waals surface area (Å²) in [6.45, 7) is 7.36. The van der Waals surface area contributed by atoms with Crippen LogP contribution in [-0.2, 0) is 10.2 Å². The third-order valence-electron chi connectivity index (χ3n) is 4.62. The maximum Gasteiger partial charge on any atom is 0.287 e. The first kappa shape index (κ1) is 19.3. The smallest absolute Gasteiger partial charge is 0.287 e. The second-order valence-corrected chi connectivity index (χ2v) is 6.95. The molecule has 7 heteroatoms. The molecule has 1 aromatic carbocycles. The van der Waals surface area contributed by atoms with E-state index >= 15 is 0 Å². The Bertz CT molecular complexity index is 659. The molecule has 0 radical (unpaired) electrons. The summed E-state index contributed by atoms with van der Waals surface area (Å²) in [5, 5.41) is 14.2. The first-order valence-electron chi connectivity index (χ1n) is 8.21. The maximum absolute atomic E-state index is 13.1. The molecule has 1 aromatic rings. The number of hydrazone groups is 1. The Morgan fingerprint density at radius 3 is 2.52 bits per heavy atom. The summed E-state index contributed by atoms with van der Waals surface area (Å²) in [5.41, 5.74) is -1.16. The van der Waals surface area contributed by atoms with Crippen LogP contribution in [0.5, 0.6) is 5.75 Å². The lowest BCUT2D eigenvalue weighted by Crippen LogP contribution is -2.52. The zero-order chi connectivity index (χ0) is 18.8. The molecule has 1 atom stereocenters. The van der Waals surface area contributed by atoms with E-state index in [2.05, 4.69) is 25.9 Å². The van der Waals surface area contributed by atoms with Crippen molar-refractivity contribution in [1.82, 2.24) is 5.01 Å². The largest absolute Gasteiger partial charge is 0.484 e. The van der Waals surface area contributed by atoms with Gasteiger partial charge in [0, 0.05) is 12.1 Å². The van der Waals surface area contributed by atoms with Crippen LogP contribution in [0.15, 0.2) is 29.4 Å². The fraction of sp³-hybridized carbons (Fsp3) is 0.556. The summed E-state index contributed by atoms with van der Waals surface area (Å²) in [4.78, 5) is 12.2. The highest BCUT2D eigenvalue weighted by Crippen LogP contribution is 2.31. The molecular formula is C18H24F2N2O3. The average molecular weight is 354 g/mol. The molecule has 0 aliphatic carbocycles. The van der Waals surface area contributed by atoms with Crippen LogP contribution >= 0.6 is 0 Å². The van der Waals surface area contributed by atoms with Crippen LogP contribution in [0.3, 0.4) is 0 Å². The molecule has 1 amide bonds. The Balaban J connectivity index is 2.02. The van der Waals surface area contributed by atoms with Crippen molar-refractivity contribution in [2.45, 2.75) is 58.1 Å². The SMILES string of the molecule is CCC(C)(C)c1ccc(OCC(=O)N2N=C(C)C[C@]2(O)C(F)F)cc1.